The number of rotatable bonds is 9. The lowest BCUT2D eigenvalue weighted by molar-refractivity contribution is -0.119. The van der Waals surface area contributed by atoms with Crippen molar-refractivity contribution in [2.45, 2.75) is 38.7 Å². The minimum absolute atomic E-state index is 0.00619. The van der Waals surface area contributed by atoms with Gasteiger partial charge in [-0.15, -0.1) is 0 Å². The van der Waals surface area contributed by atoms with E-state index in [0.29, 0.717) is 25.9 Å². The zero-order chi connectivity index (χ0) is 13.2. The summed E-state index contributed by atoms with van der Waals surface area (Å²) in [5.41, 5.74) is 1.07. The van der Waals surface area contributed by atoms with E-state index in [1.807, 2.05) is 37.3 Å². The summed E-state index contributed by atoms with van der Waals surface area (Å²) in [6.07, 6.45) is 2.66. The SMILES string of the molecule is CCCC(=O)CCC(OCCO)c1ccccc1. The number of carbonyl (C=O) groups is 1. The lowest BCUT2D eigenvalue weighted by Crippen LogP contribution is -2.10. The van der Waals surface area contributed by atoms with Crippen LogP contribution in [0.25, 0.3) is 0 Å². The summed E-state index contributed by atoms with van der Waals surface area (Å²) in [5, 5.41) is 8.83. The fraction of sp³-hybridized carbons (Fsp3) is 0.533. The summed E-state index contributed by atoms with van der Waals surface area (Å²) in [6, 6.07) is 9.85. The van der Waals surface area contributed by atoms with Crippen LogP contribution in [0.3, 0.4) is 0 Å². The summed E-state index contributed by atoms with van der Waals surface area (Å²) in [6.45, 7) is 2.32. The third-order valence-electron chi connectivity index (χ3n) is 2.80. The van der Waals surface area contributed by atoms with Crippen LogP contribution < -0.4 is 0 Å². The molecule has 1 unspecified atom stereocenters. The van der Waals surface area contributed by atoms with Crippen molar-refractivity contribution in [2.75, 3.05) is 13.2 Å². The van der Waals surface area contributed by atoms with Crippen molar-refractivity contribution in [3.05, 3.63) is 35.9 Å². The van der Waals surface area contributed by atoms with Gasteiger partial charge < -0.3 is 9.84 Å². The van der Waals surface area contributed by atoms with Crippen LogP contribution in [-0.4, -0.2) is 24.1 Å². The van der Waals surface area contributed by atoms with E-state index in [-0.39, 0.29) is 18.5 Å². The topological polar surface area (TPSA) is 46.5 Å². The molecule has 0 saturated heterocycles. The second-order valence-corrected chi connectivity index (χ2v) is 4.32. The molecule has 0 aliphatic heterocycles. The average molecular weight is 250 g/mol. The van der Waals surface area contributed by atoms with E-state index in [2.05, 4.69) is 0 Å². The van der Waals surface area contributed by atoms with Crippen LogP contribution in [0.15, 0.2) is 30.3 Å². The first-order chi connectivity index (χ1) is 8.77. The summed E-state index contributed by atoms with van der Waals surface area (Å²) in [4.78, 5) is 11.5. The Morgan fingerprint density at radius 3 is 2.61 bits per heavy atom. The van der Waals surface area contributed by atoms with Crippen LogP contribution in [0.4, 0.5) is 0 Å². The van der Waals surface area contributed by atoms with E-state index in [4.69, 9.17) is 9.84 Å². The Balaban J connectivity index is 2.53. The molecule has 1 rings (SSSR count). The molecule has 0 amide bonds. The van der Waals surface area contributed by atoms with Gasteiger partial charge in [-0.1, -0.05) is 37.3 Å². The van der Waals surface area contributed by atoms with E-state index in [1.54, 1.807) is 0 Å². The zero-order valence-electron chi connectivity index (χ0n) is 11.0. The molecule has 3 nitrogen and oxygen atoms in total. The largest absolute Gasteiger partial charge is 0.394 e. The molecular weight excluding hydrogens is 228 g/mol. The Hall–Kier alpha value is -1.19. The Morgan fingerprint density at radius 2 is 2.00 bits per heavy atom. The van der Waals surface area contributed by atoms with Gasteiger partial charge in [0.1, 0.15) is 5.78 Å². The van der Waals surface area contributed by atoms with Gasteiger partial charge in [0.25, 0.3) is 0 Å². The van der Waals surface area contributed by atoms with Crippen LogP contribution in [0, 0.1) is 0 Å². The number of carbonyl (C=O) groups excluding carboxylic acids is 1. The number of Topliss-reactive ketones (excluding diaryl/α,β-unsaturated/α-hetero) is 1. The number of ether oxygens (including phenoxy) is 1. The molecule has 0 bridgehead atoms. The average Bonchev–Trinajstić information content (AvgIpc) is 2.40. The zero-order valence-corrected chi connectivity index (χ0v) is 11.0. The van der Waals surface area contributed by atoms with Crippen molar-refractivity contribution in [1.29, 1.82) is 0 Å². The maximum absolute atomic E-state index is 11.5. The van der Waals surface area contributed by atoms with Crippen molar-refractivity contribution in [2.24, 2.45) is 0 Å². The van der Waals surface area contributed by atoms with Gasteiger partial charge in [0, 0.05) is 12.8 Å². The molecule has 1 N–H and O–H groups in total. The molecule has 100 valence electrons. The molecule has 0 spiro atoms. The number of ketones is 1. The Morgan fingerprint density at radius 1 is 1.28 bits per heavy atom. The Bertz CT molecular complexity index is 335. The van der Waals surface area contributed by atoms with Crippen LogP contribution in [0.1, 0.15) is 44.3 Å². The number of benzene rings is 1. The molecule has 0 aliphatic rings. The van der Waals surface area contributed by atoms with Gasteiger partial charge in [0.05, 0.1) is 19.3 Å². The minimum atomic E-state index is -0.0980. The van der Waals surface area contributed by atoms with Crippen molar-refractivity contribution in [3.63, 3.8) is 0 Å². The lowest BCUT2D eigenvalue weighted by atomic mass is 10.0. The second-order valence-electron chi connectivity index (χ2n) is 4.32. The van der Waals surface area contributed by atoms with Crippen molar-refractivity contribution in [1.82, 2.24) is 0 Å². The highest BCUT2D eigenvalue weighted by Crippen LogP contribution is 2.23. The summed E-state index contributed by atoms with van der Waals surface area (Å²) in [7, 11) is 0. The van der Waals surface area contributed by atoms with Gasteiger partial charge in [-0.3, -0.25) is 4.79 Å². The van der Waals surface area contributed by atoms with Gasteiger partial charge in [0.2, 0.25) is 0 Å². The third-order valence-corrected chi connectivity index (χ3v) is 2.80. The first kappa shape index (κ1) is 14.9. The molecule has 0 saturated carbocycles. The normalized spacial score (nSPS) is 12.3. The predicted octanol–water partition coefficient (Wildman–Crippen LogP) is 2.89. The molecule has 0 radical (unpaired) electrons. The number of hydrogen-bond donors (Lipinski definition) is 1. The van der Waals surface area contributed by atoms with E-state index in [9.17, 15) is 4.79 Å². The monoisotopic (exact) mass is 250 g/mol. The van der Waals surface area contributed by atoms with Crippen molar-refractivity contribution >= 4 is 5.78 Å². The first-order valence-corrected chi connectivity index (χ1v) is 6.57. The molecule has 3 heteroatoms. The van der Waals surface area contributed by atoms with Crippen LogP contribution >= 0.6 is 0 Å². The van der Waals surface area contributed by atoms with Crippen LogP contribution in [0.5, 0.6) is 0 Å². The maximum atomic E-state index is 11.5. The van der Waals surface area contributed by atoms with Gasteiger partial charge in [-0.2, -0.15) is 0 Å². The van der Waals surface area contributed by atoms with Gasteiger partial charge in [-0.25, -0.2) is 0 Å². The van der Waals surface area contributed by atoms with Crippen LogP contribution in [0.2, 0.25) is 0 Å². The molecule has 1 atom stereocenters. The highest BCUT2D eigenvalue weighted by atomic mass is 16.5. The van der Waals surface area contributed by atoms with E-state index < -0.39 is 0 Å². The fourth-order valence-corrected chi connectivity index (χ4v) is 1.90. The summed E-state index contributed by atoms with van der Waals surface area (Å²) < 4.78 is 5.60. The Labute approximate surface area is 109 Å². The third kappa shape index (κ3) is 5.43. The van der Waals surface area contributed by atoms with Crippen molar-refractivity contribution < 1.29 is 14.6 Å². The van der Waals surface area contributed by atoms with Gasteiger partial charge >= 0.3 is 0 Å². The molecule has 1 aromatic carbocycles. The summed E-state index contributed by atoms with van der Waals surface area (Å²) >= 11 is 0. The minimum Gasteiger partial charge on any atom is -0.394 e. The van der Waals surface area contributed by atoms with Crippen LogP contribution in [-0.2, 0) is 9.53 Å². The maximum Gasteiger partial charge on any atom is 0.133 e. The van der Waals surface area contributed by atoms with E-state index in [0.717, 1.165) is 12.0 Å². The highest BCUT2D eigenvalue weighted by Gasteiger charge is 2.13. The Kier molecular flexibility index (Phi) is 7.30. The molecule has 0 aliphatic carbocycles. The quantitative estimate of drug-likeness (QED) is 0.733. The molecule has 18 heavy (non-hydrogen) atoms. The fourth-order valence-electron chi connectivity index (χ4n) is 1.90. The van der Waals surface area contributed by atoms with Crippen molar-refractivity contribution in [3.8, 4) is 0 Å². The molecule has 1 aromatic rings. The first-order valence-electron chi connectivity index (χ1n) is 6.57. The van der Waals surface area contributed by atoms with Gasteiger partial charge in [0.15, 0.2) is 0 Å². The smallest absolute Gasteiger partial charge is 0.133 e. The van der Waals surface area contributed by atoms with Gasteiger partial charge in [-0.05, 0) is 18.4 Å². The molecular formula is C15H22O3. The highest BCUT2D eigenvalue weighted by molar-refractivity contribution is 5.78. The summed E-state index contributed by atoms with van der Waals surface area (Å²) in [5.74, 6) is 0.283. The number of aliphatic hydroxyl groups excluding tert-OH is 1. The van der Waals surface area contributed by atoms with E-state index >= 15 is 0 Å². The lowest BCUT2D eigenvalue weighted by Gasteiger charge is -2.17. The standard InChI is InChI=1S/C15H22O3/c1-2-6-14(17)9-10-15(18-12-11-16)13-7-4-3-5-8-13/h3-5,7-8,15-16H,2,6,9-12H2,1H3. The van der Waals surface area contributed by atoms with E-state index in [1.165, 1.54) is 0 Å². The molecule has 0 aromatic heterocycles. The molecule has 0 heterocycles. The number of aliphatic hydroxyl groups is 1. The molecule has 0 fully saturated rings. The predicted molar refractivity (Wildman–Crippen MR) is 71.4 cm³/mol. The number of hydrogen-bond acceptors (Lipinski definition) is 3. The second kappa shape index (κ2) is 8.84.